The molecule has 0 unspecified atom stereocenters. The van der Waals surface area contributed by atoms with Gasteiger partial charge in [-0.25, -0.2) is 0 Å². The fraction of sp³-hybridized carbons (Fsp3) is 0.455. The Labute approximate surface area is 110 Å². The van der Waals surface area contributed by atoms with Crippen LogP contribution in [0.3, 0.4) is 0 Å². The molecule has 0 heterocycles. The second-order valence-electron chi connectivity index (χ2n) is 3.48. The summed E-state index contributed by atoms with van der Waals surface area (Å²) < 4.78 is 48.0. The Morgan fingerprint density at radius 3 is 1.83 bits per heavy atom. The number of rotatable bonds is 5. The highest BCUT2D eigenvalue weighted by molar-refractivity contribution is 7.20. The van der Waals surface area contributed by atoms with Crippen LogP contribution in [0.15, 0.2) is 24.3 Å². The van der Waals surface area contributed by atoms with Gasteiger partial charge in [-0.2, -0.15) is 13.2 Å². The Morgan fingerprint density at radius 2 is 1.50 bits per heavy atom. The minimum Gasteiger partial charge on any atom is -0.380 e. The molecule has 0 aromatic heterocycles. The van der Waals surface area contributed by atoms with E-state index in [4.69, 9.17) is 19.9 Å². The summed E-state index contributed by atoms with van der Waals surface area (Å²) in [6.07, 6.45) is -4.35. The van der Waals surface area contributed by atoms with Crippen molar-refractivity contribution in [1.29, 1.82) is 0 Å². The Kier molecular flexibility index (Phi) is 5.21. The fourth-order valence-electron chi connectivity index (χ4n) is 1.44. The molecule has 1 aromatic rings. The summed E-state index contributed by atoms with van der Waals surface area (Å²) in [5.41, 5.74) is -0.715. The van der Waals surface area contributed by atoms with Gasteiger partial charge in [0, 0.05) is 18.4 Å². The number of hydrogen-bond acceptors (Lipinski definition) is 2. The third kappa shape index (κ3) is 3.71. The molecule has 102 valence electrons. The van der Waals surface area contributed by atoms with Gasteiger partial charge in [-0.1, -0.05) is 23.2 Å². The van der Waals surface area contributed by atoms with Gasteiger partial charge in [-0.15, -0.1) is 0 Å². The lowest BCUT2D eigenvalue weighted by Crippen LogP contribution is -2.49. The lowest BCUT2D eigenvalue weighted by atomic mass is 10.2. The zero-order valence-corrected chi connectivity index (χ0v) is 11.8. The maximum Gasteiger partial charge on any atom is 0.478 e. The third-order valence-corrected chi connectivity index (χ3v) is 5.87. The first-order valence-electron chi connectivity index (χ1n) is 5.48. The van der Waals surface area contributed by atoms with Crippen molar-refractivity contribution < 1.29 is 22.0 Å². The van der Waals surface area contributed by atoms with Crippen LogP contribution < -0.4 is 5.19 Å². The van der Waals surface area contributed by atoms with Crippen LogP contribution in [0.4, 0.5) is 13.2 Å². The monoisotopic (exact) mass is 298 g/mol. The molecule has 18 heavy (non-hydrogen) atoms. The van der Waals surface area contributed by atoms with Crippen LogP contribution in [0, 0.1) is 0 Å². The van der Waals surface area contributed by atoms with Crippen LogP contribution in [-0.4, -0.2) is 21.1 Å². The van der Waals surface area contributed by atoms with Gasteiger partial charge < -0.3 is 8.85 Å². The molecule has 2 nitrogen and oxygen atoms in total. The van der Waals surface area contributed by atoms with Gasteiger partial charge in [0.1, 0.15) is 0 Å². The lowest BCUT2D eigenvalue weighted by molar-refractivity contribution is -0.137. The molecule has 0 saturated carbocycles. The molecule has 0 aliphatic carbocycles. The Bertz CT molecular complexity index is 375. The first-order chi connectivity index (χ1) is 8.33. The van der Waals surface area contributed by atoms with Gasteiger partial charge in [0.15, 0.2) is 0 Å². The summed E-state index contributed by atoms with van der Waals surface area (Å²) in [6, 6.07) is 4.59. The highest BCUT2D eigenvalue weighted by Gasteiger charge is 2.39. The van der Waals surface area contributed by atoms with Crippen LogP contribution in [0.2, 0.25) is 0 Å². The minimum atomic E-state index is -4.35. The number of alkyl halides is 3. The smallest absolute Gasteiger partial charge is 0.380 e. The SMILES string of the molecule is CCO[Si](Cl)(OCC)c1ccc(C(F)(F)F)cc1. The van der Waals surface area contributed by atoms with E-state index >= 15 is 0 Å². The largest absolute Gasteiger partial charge is 0.478 e. The van der Waals surface area contributed by atoms with Crippen molar-refractivity contribution in [3.05, 3.63) is 29.8 Å². The highest BCUT2D eigenvalue weighted by atomic mass is 35.6. The molecule has 0 aliphatic rings. The second-order valence-corrected chi connectivity index (χ2v) is 7.20. The topological polar surface area (TPSA) is 18.5 Å². The Morgan fingerprint density at radius 1 is 1.06 bits per heavy atom. The molecule has 0 radical (unpaired) electrons. The van der Waals surface area contributed by atoms with Crippen LogP contribution in [-0.2, 0) is 15.0 Å². The average Bonchev–Trinajstić information content (AvgIpc) is 2.29. The predicted molar refractivity (Wildman–Crippen MR) is 65.9 cm³/mol. The number of halogens is 4. The van der Waals surface area contributed by atoms with E-state index in [0.29, 0.717) is 18.4 Å². The molecule has 0 bridgehead atoms. The summed E-state index contributed by atoms with van der Waals surface area (Å²) in [4.78, 5) is 0. The molecule has 1 rings (SSSR count). The lowest BCUT2D eigenvalue weighted by Gasteiger charge is -2.23. The molecular weight excluding hydrogens is 285 g/mol. The van der Waals surface area contributed by atoms with E-state index in [0.717, 1.165) is 12.1 Å². The molecule has 0 aliphatic heterocycles. The molecule has 0 amide bonds. The summed E-state index contributed by atoms with van der Waals surface area (Å²) in [7, 11) is -3.10. The number of hydrogen-bond donors (Lipinski definition) is 0. The first kappa shape index (κ1) is 15.5. The molecule has 1 aromatic carbocycles. The molecule has 7 heteroatoms. The molecule has 0 atom stereocenters. The zero-order valence-electron chi connectivity index (χ0n) is 10.1. The number of benzene rings is 1. The van der Waals surface area contributed by atoms with Gasteiger partial charge in [0.25, 0.3) is 0 Å². The van der Waals surface area contributed by atoms with Crippen molar-refractivity contribution in [2.24, 2.45) is 0 Å². The maximum atomic E-state index is 12.4. The predicted octanol–water partition coefficient (Wildman–Crippen LogP) is 3.16. The highest BCUT2D eigenvalue weighted by Crippen LogP contribution is 2.28. The van der Waals surface area contributed by atoms with Crippen LogP contribution in [0.25, 0.3) is 0 Å². The normalized spacial score (nSPS) is 12.8. The quantitative estimate of drug-likeness (QED) is 0.614. The van der Waals surface area contributed by atoms with Gasteiger partial charge in [0.05, 0.1) is 5.56 Å². The van der Waals surface area contributed by atoms with Crippen molar-refractivity contribution in [3.63, 3.8) is 0 Å². The summed E-state index contributed by atoms with van der Waals surface area (Å²) in [6.45, 7) is 4.20. The summed E-state index contributed by atoms with van der Waals surface area (Å²) >= 11 is 6.24. The van der Waals surface area contributed by atoms with E-state index in [1.54, 1.807) is 13.8 Å². The van der Waals surface area contributed by atoms with Crippen LogP contribution in [0.5, 0.6) is 0 Å². The van der Waals surface area contributed by atoms with E-state index in [1.165, 1.54) is 12.1 Å². The minimum absolute atomic E-state index is 0.344. The molecular formula is C11H14ClF3O2Si. The van der Waals surface area contributed by atoms with Crippen molar-refractivity contribution in [2.45, 2.75) is 20.0 Å². The van der Waals surface area contributed by atoms with Crippen molar-refractivity contribution in [3.8, 4) is 0 Å². The molecule has 0 spiro atoms. The second kappa shape index (κ2) is 6.05. The standard InChI is InChI=1S/C11H14ClF3O2Si/c1-3-16-18(12,17-4-2)10-7-5-9(6-8-10)11(13,14)15/h5-8H,3-4H2,1-2H3. The van der Waals surface area contributed by atoms with Crippen molar-refractivity contribution in [2.75, 3.05) is 13.2 Å². The maximum absolute atomic E-state index is 12.4. The average molecular weight is 299 g/mol. The Balaban J connectivity index is 3.01. The van der Waals surface area contributed by atoms with Gasteiger partial charge >= 0.3 is 14.0 Å². The van der Waals surface area contributed by atoms with Gasteiger partial charge in [-0.05, 0) is 26.0 Å². The van der Waals surface area contributed by atoms with E-state index in [2.05, 4.69) is 0 Å². The van der Waals surface area contributed by atoms with Crippen LogP contribution in [0.1, 0.15) is 19.4 Å². The molecule has 0 saturated heterocycles. The Hall–Kier alpha value is -0.563. The van der Waals surface area contributed by atoms with E-state index in [9.17, 15) is 13.2 Å². The van der Waals surface area contributed by atoms with Crippen molar-refractivity contribution >= 4 is 24.1 Å². The van der Waals surface area contributed by atoms with E-state index in [-0.39, 0.29) is 0 Å². The van der Waals surface area contributed by atoms with Crippen molar-refractivity contribution in [1.82, 2.24) is 0 Å². The van der Waals surface area contributed by atoms with E-state index < -0.39 is 19.6 Å². The zero-order chi connectivity index (χ0) is 13.8. The molecule has 0 N–H and O–H groups in total. The van der Waals surface area contributed by atoms with Gasteiger partial charge in [-0.3, -0.25) is 0 Å². The fourth-order valence-corrected chi connectivity index (χ4v) is 4.19. The van der Waals surface area contributed by atoms with Gasteiger partial charge in [0.2, 0.25) is 0 Å². The first-order valence-corrected chi connectivity index (χ1v) is 8.31. The van der Waals surface area contributed by atoms with E-state index in [1.807, 2.05) is 0 Å². The third-order valence-electron chi connectivity index (χ3n) is 2.22. The summed E-state index contributed by atoms with van der Waals surface area (Å²) in [5, 5.41) is 0.473. The van der Waals surface area contributed by atoms with Crippen LogP contribution >= 0.6 is 11.1 Å². The molecule has 0 fully saturated rings. The summed E-state index contributed by atoms with van der Waals surface area (Å²) in [5.74, 6) is 0.